The molecule has 1 aliphatic rings. The molecule has 2 amide bonds. The predicted octanol–water partition coefficient (Wildman–Crippen LogP) is 4.09. The number of nitrogens with one attached hydrogen (secondary N) is 2. The molecule has 0 saturated carbocycles. The van der Waals surface area contributed by atoms with Crippen LogP contribution in [0.2, 0.25) is 0 Å². The van der Waals surface area contributed by atoms with Gasteiger partial charge in [-0.05, 0) is 53.4 Å². The van der Waals surface area contributed by atoms with Crippen molar-refractivity contribution in [1.29, 1.82) is 0 Å². The van der Waals surface area contributed by atoms with Crippen molar-refractivity contribution < 1.29 is 19.1 Å². The molecule has 1 unspecified atom stereocenters. The predicted molar refractivity (Wildman–Crippen MR) is 136 cm³/mol. The molecule has 0 radical (unpaired) electrons. The lowest BCUT2D eigenvalue weighted by Crippen LogP contribution is -2.40. The molecule has 1 aromatic heterocycles. The largest absolute Gasteiger partial charge is 0.502 e. The Hall–Kier alpha value is -4.72. The molecule has 37 heavy (non-hydrogen) atoms. The average molecular weight is 498 g/mol. The number of benzene rings is 3. The highest BCUT2D eigenvalue weighted by Crippen LogP contribution is 2.34. The van der Waals surface area contributed by atoms with Gasteiger partial charge in [-0.1, -0.05) is 54.6 Å². The number of amides is 2. The van der Waals surface area contributed by atoms with Crippen LogP contribution in [0.3, 0.4) is 0 Å². The highest BCUT2D eigenvalue weighted by Gasteiger charge is 2.33. The van der Waals surface area contributed by atoms with Gasteiger partial charge in [-0.25, -0.2) is 4.39 Å². The van der Waals surface area contributed by atoms with Crippen LogP contribution in [0.1, 0.15) is 49.1 Å². The zero-order valence-corrected chi connectivity index (χ0v) is 19.8. The first-order valence-electron chi connectivity index (χ1n) is 11.8. The minimum Gasteiger partial charge on any atom is -0.502 e. The number of H-pyrrole nitrogens is 1. The van der Waals surface area contributed by atoms with E-state index in [-0.39, 0.29) is 18.0 Å². The van der Waals surface area contributed by atoms with Crippen LogP contribution in [0.4, 0.5) is 4.39 Å². The quantitative estimate of drug-likeness (QED) is 0.387. The van der Waals surface area contributed by atoms with Gasteiger partial charge in [0.05, 0.1) is 11.6 Å². The number of aromatic nitrogens is 1. The van der Waals surface area contributed by atoms with Crippen LogP contribution in [0, 0.1) is 5.82 Å². The second-order valence-electron chi connectivity index (χ2n) is 8.91. The number of nitrogens with zero attached hydrogens (tertiary/aromatic N) is 1. The summed E-state index contributed by atoms with van der Waals surface area (Å²) < 4.78 is 13.2. The van der Waals surface area contributed by atoms with E-state index in [4.69, 9.17) is 0 Å². The van der Waals surface area contributed by atoms with Crippen molar-refractivity contribution in [3.8, 4) is 5.75 Å². The van der Waals surface area contributed by atoms with Gasteiger partial charge in [0.2, 0.25) is 0 Å². The second-order valence-corrected chi connectivity index (χ2v) is 8.91. The molecule has 4 aromatic rings. The van der Waals surface area contributed by atoms with E-state index in [1.165, 1.54) is 30.3 Å². The Labute approximate surface area is 212 Å². The molecular formula is C29H24FN3O4. The first-order chi connectivity index (χ1) is 17.9. The number of pyridine rings is 1. The minimum absolute atomic E-state index is 0.0795. The van der Waals surface area contributed by atoms with Gasteiger partial charge >= 0.3 is 0 Å². The third kappa shape index (κ3) is 4.99. The Kier molecular flexibility index (Phi) is 6.55. The van der Waals surface area contributed by atoms with Crippen molar-refractivity contribution in [2.45, 2.75) is 25.6 Å². The van der Waals surface area contributed by atoms with Crippen LogP contribution in [-0.4, -0.2) is 26.8 Å². The topological polar surface area (TPSA) is 103 Å². The second kappa shape index (κ2) is 10.1. The van der Waals surface area contributed by atoms with Gasteiger partial charge in [0.15, 0.2) is 5.75 Å². The van der Waals surface area contributed by atoms with Crippen LogP contribution >= 0.6 is 0 Å². The molecule has 2 heterocycles. The van der Waals surface area contributed by atoms with E-state index < -0.39 is 29.1 Å². The summed E-state index contributed by atoms with van der Waals surface area (Å²) in [5, 5.41) is 13.1. The number of fused-ring (bicyclic) bond motifs is 1. The van der Waals surface area contributed by atoms with E-state index >= 15 is 0 Å². The van der Waals surface area contributed by atoms with E-state index in [1.807, 2.05) is 30.3 Å². The van der Waals surface area contributed by atoms with Crippen molar-refractivity contribution >= 4 is 11.8 Å². The van der Waals surface area contributed by atoms with Crippen molar-refractivity contribution in [1.82, 2.24) is 15.2 Å². The van der Waals surface area contributed by atoms with Crippen molar-refractivity contribution in [2.24, 2.45) is 0 Å². The fourth-order valence-electron chi connectivity index (χ4n) is 4.57. The molecule has 0 bridgehead atoms. The molecule has 8 heteroatoms. The molecule has 0 saturated heterocycles. The Morgan fingerprint density at radius 1 is 0.973 bits per heavy atom. The summed E-state index contributed by atoms with van der Waals surface area (Å²) in [5.74, 6) is -1.98. The number of aromatic hydroxyl groups is 1. The smallest absolute Gasteiger partial charge is 0.291 e. The van der Waals surface area contributed by atoms with Crippen LogP contribution in [-0.2, 0) is 19.5 Å². The average Bonchev–Trinajstić information content (AvgIpc) is 2.93. The van der Waals surface area contributed by atoms with Crippen LogP contribution in [0.5, 0.6) is 5.75 Å². The maximum absolute atomic E-state index is 13.5. The molecule has 3 aromatic carbocycles. The third-order valence-electron chi connectivity index (χ3n) is 6.53. The standard InChI is InChI=1S/C29H24FN3O4/c30-22-12-10-18(11-13-22)16-31-27(35)23-15-24(32-28(36)26(23)34)25-14-20-8-4-5-9-21(20)17-33(25)29(37)19-6-2-1-3-7-19/h1-13,15,25,34H,14,16-17H2,(H,31,35)(H,32,36). The molecule has 1 atom stereocenters. The highest BCUT2D eigenvalue weighted by atomic mass is 19.1. The van der Waals surface area contributed by atoms with Crippen molar-refractivity contribution in [3.05, 3.63) is 135 Å². The van der Waals surface area contributed by atoms with Gasteiger partial charge in [-0.3, -0.25) is 14.4 Å². The van der Waals surface area contributed by atoms with Crippen LogP contribution in [0.25, 0.3) is 0 Å². The summed E-state index contributed by atoms with van der Waals surface area (Å²) in [4.78, 5) is 43.5. The first kappa shape index (κ1) is 24.0. The summed E-state index contributed by atoms with van der Waals surface area (Å²) in [7, 11) is 0. The fourth-order valence-corrected chi connectivity index (χ4v) is 4.57. The number of hydrogen-bond acceptors (Lipinski definition) is 4. The van der Waals surface area contributed by atoms with Gasteiger partial charge in [0.1, 0.15) is 5.82 Å². The summed E-state index contributed by atoms with van der Waals surface area (Å²) in [6, 6.07) is 23.1. The molecule has 1 aliphatic heterocycles. The van der Waals surface area contributed by atoms with Crippen LogP contribution < -0.4 is 10.9 Å². The molecule has 0 fully saturated rings. The minimum atomic E-state index is -0.824. The van der Waals surface area contributed by atoms with Crippen LogP contribution in [0.15, 0.2) is 89.7 Å². The number of rotatable bonds is 5. The lowest BCUT2D eigenvalue weighted by Gasteiger charge is -2.37. The maximum Gasteiger partial charge on any atom is 0.291 e. The zero-order chi connectivity index (χ0) is 25.9. The summed E-state index contributed by atoms with van der Waals surface area (Å²) in [6.45, 7) is 0.402. The molecule has 0 aliphatic carbocycles. The Balaban J connectivity index is 1.49. The van der Waals surface area contributed by atoms with E-state index in [9.17, 15) is 23.9 Å². The number of carbonyl (C=O) groups excluding carboxylic acids is 2. The van der Waals surface area contributed by atoms with Gasteiger partial charge in [-0.2, -0.15) is 0 Å². The van der Waals surface area contributed by atoms with E-state index in [1.54, 1.807) is 29.2 Å². The number of hydrogen-bond donors (Lipinski definition) is 3. The highest BCUT2D eigenvalue weighted by molar-refractivity contribution is 5.97. The summed E-state index contributed by atoms with van der Waals surface area (Å²) in [5.41, 5.74) is 2.51. The Bertz CT molecular complexity index is 1520. The van der Waals surface area contributed by atoms with E-state index in [0.717, 1.165) is 11.1 Å². The van der Waals surface area contributed by atoms with Gasteiger partial charge in [0.25, 0.3) is 17.4 Å². The van der Waals surface area contributed by atoms with Crippen molar-refractivity contribution in [3.63, 3.8) is 0 Å². The SMILES string of the molecule is O=C(NCc1ccc(F)cc1)c1cc(C2Cc3ccccc3CN2C(=O)c2ccccc2)[nH]c(=O)c1O. The molecule has 3 N–H and O–H groups in total. The van der Waals surface area contributed by atoms with Crippen molar-refractivity contribution in [2.75, 3.05) is 0 Å². The van der Waals surface area contributed by atoms with E-state index in [0.29, 0.717) is 29.8 Å². The maximum atomic E-state index is 13.5. The number of carbonyl (C=O) groups is 2. The molecule has 7 nitrogen and oxygen atoms in total. The first-order valence-corrected chi connectivity index (χ1v) is 11.8. The molecule has 0 spiro atoms. The molecular weight excluding hydrogens is 473 g/mol. The fraction of sp³-hybridized carbons (Fsp3) is 0.138. The van der Waals surface area contributed by atoms with Gasteiger partial charge in [-0.15, -0.1) is 0 Å². The summed E-state index contributed by atoms with van der Waals surface area (Å²) >= 11 is 0. The number of aromatic amines is 1. The lowest BCUT2D eigenvalue weighted by molar-refractivity contribution is 0.0633. The van der Waals surface area contributed by atoms with E-state index in [2.05, 4.69) is 10.3 Å². The van der Waals surface area contributed by atoms with Gasteiger partial charge < -0.3 is 20.3 Å². The monoisotopic (exact) mass is 497 g/mol. The summed E-state index contributed by atoms with van der Waals surface area (Å²) in [6.07, 6.45) is 0.423. The molecule has 186 valence electrons. The van der Waals surface area contributed by atoms with Gasteiger partial charge in [0, 0.05) is 24.3 Å². The Morgan fingerprint density at radius 3 is 2.38 bits per heavy atom. The Morgan fingerprint density at radius 2 is 1.65 bits per heavy atom. The normalized spacial score (nSPS) is 14.6. The number of halogens is 1. The third-order valence-corrected chi connectivity index (χ3v) is 6.53. The lowest BCUT2D eigenvalue weighted by atomic mass is 9.91. The zero-order valence-electron chi connectivity index (χ0n) is 19.8. The molecule has 5 rings (SSSR count).